The summed E-state index contributed by atoms with van der Waals surface area (Å²) in [6.45, 7) is 7.80. The fraction of sp³-hybridized carbons (Fsp3) is 0.438. The predicted molar refractivity (Wildman–Crippen MR) is 93.1 cm³/mol. The molecule has 0 amide bonds. The average Bonchev–Trinajstić information content (AvgIpc) is 2.81. The molecule has 0 saturated heterocycles. The maximum Gasteiger partial charge on any atom is 0.136 e. The number of nitrogens with one attached hydrogen (secondary N) is 1. The standard InChI is InChI=1S/C16H22ClN3OS/c1-11(19-22(21)16(2,3)4)14-10-15(20(5)18-14)12-6-8-13(17)9-7-12/h6-11,19H,1-5H3/t11-,22-/m1/s1. The van der Waals surface area contributed by atoms with Gasteiger partial charge in [0, 0.05) is 23.4 Å². The van der Waals surface area contributed by atoms with Crippen LogP contribution in [0.2, 0.25) is 5.02 Å². The van der Waals surface area contributed by atoms with E-state index in [1.54, 1.807) is 0 Å². The first-order chi connectivity index (χ1) is 10.2. The molecule has 120 valence electrons. The normalized spacial score (nSPS) is 14.9. The molecule has 4 nitrogen and oxygen atoms in total. The van der Waals surface area contributed by atoms with Crippen molar-refractivity contribution in [2.24, 2.45) is 7.05 Å². The molecule has 0 aliphatic carbocycles. The van der Waals surface area contributed by atoms with Crippen LogP contribution in [0.3, 0.4) is 0 Å². The summed E-state index contributed by atoms with van der Waals surface area (Å²) in [6.07, 6.45) is 0. The molecule has 1 aromatic carbocycles. The van der Waals surface area contributed by atoms with Crippen LogP contribution < -0.4 is 4.72 Å². The number of nitrogens with zero attached hydrogens (tertiary/aromatic N) is 2. The Labute approximate surface area is 140 Å². The average molecular weight is 340 g/mol. The van der Waals surface area contributed by atoms with E-state index in [1.807, 2.05) is 69.8 Å². The van der Waals surface area contributed by atoms with Gasteiger partial charge in [0.1, 0.15) is 4.75 Å². The lowest BCUT2D eigenvalue weighted by molar-refractivity contribution is 0.527. The van der Waals surface area contributed by atoms with Gasteiger partial charge in [-0.2, -0.15) is 5.10 Å². The van der Waals surface area contributed by atoms with Crippen molar-refractivity contribution in [2.45, 2.75) is 38.5 Å². The molecular formula is C16H22ClN3OS. The largest absolute Gasteiger partial charge is 0.598 e. The zero-order valence-corrected chi connectivity index (χ0v) is 15.1. The minimum Gasteiger partial charge on any atom is -0.598 e. The van der Waals surface area contributed by atoms with Gasteiger partial charge in [0.05, 0.1) is 17.4 Å². The van der Waals surface area contributed by atoms with Crippen molar-refractivity contribution in [1.82, 2.24) is 14.5 Å². The van der Waals surface area contributed by atoms with Crippen molar-refractivity contribution in [3.8, 4) is 11.3 Å². The van der Waals surface area contributed by atoms with Crippen LogP contribution >= 0.6 is 11.6 Å². The Morgan fingerprint density at radius 1 is 1.27 bits per heavy atom. The topological polar surface area (TPSA) is 52.9 Å². The Morgan fingerprint density at radius 2 is 1.86 bits per heavy atom. The molecular weight excluding hydrogens is 318 g/mol. The molecule has 2 rings (SSSR count). The van der Waals surface area contributed by atoms with Gasteiger partial charge in [-0.3, -0.25) is 4.68 Å². The van der Waals surface area contributed by atoms with Gasteiger partial charge in [-0.25, -0.2) is 0 Å². The zero-order chi connectivity index (χ0) is 16.5. The van der Waals surface area contributed by atoms with E-state index in [0.717, 1.165) is 17.0 Å². The summed E-state index contributed by atoms with van der Waals surface area (Å²) in [5, 5.41) is 5.24. The maximum absolute atomic E-state index is 12.2. The van der Waals surface area contributed by atoms with Crippen LogP contribution in [0.25, 0.3) is 11.3 Å². The summed E-state index contributed by atoms with van der Waals surface area (Å²) in [4.78, 5) is 0. The van der Waals surface area contributed by atoms with Crippen molar-refractivity contribution in [3.63, 3.8) is 0 Å². The first-order valence-corrected chi connectivity index (χ1v) is 8.69. The van der Waals surface area contributed by atoms with E-state index in [9.17, 15) is 4.55 Å². The molecule has 0 fully saturated rings. The number of halogens is 1. The molecule has 0 radical (unpaired) electrons. The third-order valence-electron chi connectivity index (χ3n) is 3.32. The lowest BCUT2D eigenvalue weighted by Gasteiger charge is -2.25. The second-order valence-electron chi connectivity index (χ2n) is 6.31. The van der Waals surface area contributed by atoms with Crippen molar-refractivity contribution in [2.75, 3.05) is 0 Å². The van der Waals surface area contributed by atoms with Crippen LogP contribution in [-0.2, 0) is 18.4 Å². The number of hydrogen-bond acceptors (Lipinski definition) is 3. The summed E-state index contributed by atoms with van der Waals surface area (Å²) in [5.41, 5.74) is 2.92. The number of hydrogen-bond donors (Lipinski definition) is 1. The van der Waals surface area contributed by atoms with Crippen LogP contribution in [0.15, 0.2) is 30.3 Å². The van der Waals surface area contributed by atoms with Gasteiger partial charge < -0.3 is 4.55 Å². The Balaban J connectivity index is 2.20. The molecule has 22 heavy (non-hydrogen) atoms. The summed E-state index contributed by atoms with van der Waals surface area (Å²) in [5.74, 6) is 0. The third-order valence-corrected chi connectivity index (χ3v) is 5.25. The Morgan fingerprint density at radius 3 is 2.41 bits per heavy atom. The molecule has 1 N–H and O–H groups in total. The highest BCUT2D eigenvalue weighted by atomic mass is 35.5. The van der Waals surface area contributed by atoms with Crippen LogP contribution in [0.1, 0.15) is 39.4 Å². The molecule has 0 aliphatic rings. The van der Waals surface area contributed by atoms with Gasteiger partial charge in [0.15, 0.2) is 0 Å². The number of benzene rings is 1. The number of rotatable bonds is 4. The van der Waals surface area contributed by atoms with E-state index >= 15 is 0 Å². The summed E-state index contributed by atoms with van der Waals surface area (Å²) in [7, 11) is 1.90. The molecule has 0 saturated carbocycles. The summed E-state index contributed by atoms with van der Waals surface area (Å²) in [6, 6.07) is 9.58. The second kappa shape index (κ2) is 6.62. The summed E-state index contributed by atoms with van der Waals surface area (Å²) >= 11 is 4.80. The summed E-state index contributed by atoms with van der Waals surface area (Å²) < 4.78 is 16.8. The van der Waals surface area contributed by atoms with Crippen LogP contribution in [0, 0.1) is 0 Å². The predicted octanol–water partition coefficient (Wildman–Crippen LogP) is 3.85. The van der Waals surface area contributed by atoms with E-state index in [0.29, 0.717) is 5.02 Å². The maximum atomic E-state index is 12.2. The molecule has 0 unspecified atom stereocenters. The van der Waals surface area contributed by atoms with Crippen LogP contribution in [-0.4, -0.2) is 19.1 Å². The smallest absolute Gasteiger partial charge is 0.136 e. The third kappa shape index (κ3) is 4.04. The highest BCUT2D eigenvalue weighted by molar-refractivity contribution is 7.90. The van der Waals surface area contributed by atoms with Crippen molar-refractivity contribution in [3.05, 3.63) is 41.0 Å². The molecule has 1 heterocycles. The quantitative estimate of drug-likeness (QED) is 0.861. The Hall–Kier alpha value is -1.01. The van der Waals surface area contributed by atoms with Gasteiger partial charge in [-0.15, -0.1) is 4.72 Å². The zero-order valence-electron chi connectivity index (χ0n) is 13.6. The molecule has 0 spiro atoms. The number of aryl methyl sites for hydroxylation is 1. The van der Waals surface area contributed by atoms with Gasteiger partial charge in [-0.1, -0.05) is 23.7 Å². The van der Waals surface area contributed by atoms with Gasteiger partial charge in [0.2, 0.25) is 0 Å². The highest BCUT2D eigenvalue weighted by Gasteiger charge is 2.29. The highest BCUT2D eigenvalue weighted by Crippen LogP contribution is 2.25. The van der Waals surface area contributed by atoms with E-state index in [2.05, 4.69) is 9.82 Å². The van der Waals surface area contributed by atoms with Gasteiger partial charge in [0.25, 0.3) is 0 Å². The van der Waals surface area contributed by atoms with E-state index in [-0.39, 0.29) is 10.8 Å². The van der Waals surface area contributed by atoms with Gasteiger partial charge in [-0.05, 0) is 51.5 Å². The van der Waals surface area contributed by atoms with Crippen LogP contribution in [0.4, 0.5) is 0 Å². The van der Waals surface area contributed by atoms with Crippen molar-refractivity contribution < 1.29 is 4.55 Å². The van der Waals surface area contributed by atoms with Crippen LogP contribution in [0.5, 0.6) is 0 Å². The minimum atomic E-state index is -1.13. The first kappa shape index (κ1) is 17.3. The van der Waals surface area contributed by atoms with Crippen molar-refractivity contribution >= 4 is 23.0 Å². The van der Waals surface area contributed by atoms with Gasteiger partial charge >= 0.3 is 0 Å². The lowest BCUT2D eigenvalue weighted by Crippen LogP contribution is -2.40. The molecule has 1 aromatic heterocycles. The fourth-order valence-corrected chi connectivity index (χ4v) is 2.91. The SMILES string of the molecule is C[C@@H](N[S@+]([O-])C(C)(C)C)c1cc(-c2ccc(Cl)cc2)n(C)n1. The Bertz CT molecular complexity index is 634. The van der Waals surface area contributed by atoms with E-state index < -0.39 is 11.4 Å². The minimum absolute atomic E-state index is 0.0905. The van der Waals surface area contributed by atoms with E-state index in [4.69, 9.17) is 11.6 Å². The molecule has 0 bridgehead atoms. The Kier molecular flexibility index (Phi) is 5.22. The number of aromatic nitrogens is 2. The fourth-order valence-electron chi connectivity index (χ4n) is 1.99. The molecule has 0 aliphatic heterocycles. The molecule has 2 atom stereocenters. The molecule has 2 aromatic rings. The first-order valence-electron chi connectivity index (χ1n) is 7.16. The van der Waals surface area contributed by atoms with Crippen molar-refractivity contribution in [1.29, 1.82) is 0 Å². The second-order valence-corrected chi connectivity index (χ2v) is 8.74. The monoisotopic (exact) mass is 339 g/mol. The van der Waals surface area contributed by atoms with E-state index in [1.165, 1.54) is 0 Å². The lowest BCUT2D eigenvalue weighted by atomic mass is 10.1. The molecule has 6 heteroatoms.